The molecule has 0 aromatic heterocycles. The van der Waals surface area contributed by atoms with Crippen molar-refractivity contribution in [2.24, 2.45) is 5.92 Å². The average Bonchev–Trinajstić information content (AvgIpc) is 2.70. The zero-order valence-electron chi connectivity index (χ0n) is 11.6. The van der Waals surface area contributed by atoms with E-state index in [4.69, 9.17) is 5.11 Å². The number of nitrogens with zero attached hydrogens (tertiary/aromatic N) is 2. The van der Waals surface area contributed by atoms with Crippen LogP contribution in [0.25, 0.3) is 0 Å². The number of nitro benzene ring substituents is 1. The molecule has 2 heterocycles. The molecular formula is C15H18N2O4. The summed E-state index contributed by atoms with van der Waals surface area (Å²) in [6.07, 6.45) is 4.22. The minimum absolute atomic E-state index is 0.104. The lowest BCUT2D eigenvalue weighted by Crippen LogP contribution is -2.43. The summed E-state index contributed by atoms with van der Waals surface area (Å²) in [5.41, 5.74) is 1.12. The summed E-state index contributed by atoms with van der Waals surface area (Å²) < 4.78 is 0. The number of hydrogen-bond donors (Lipinski definition) is 1. The van der Waals surface area contributed by atoms with E-state index in [1.807, 2.05) is 0 Å². The van der Waals surface area contributed by atoms with Crippen LogP contribution in [0.3, 0.4) is 0 Å². The van der Waals surface area contributed by atoms with Crippen LogP contribution in [-0.2, 0) is 4.79 Å². The van der Waals surface area contributed by atoms with Gasteiger partial charge in [-0.3, -0.25) is 14.9 Å². The molecule has 1 aromatic rings. The fraction of sp³-hybridized carbons (Fsp3) is 0.533. The van der Waals surface area contributed by atoms with Crippen molar-refractivity contribution in [3.63, 3.8) is 0 Å². The van der Waals surface area contributed by atoms with Crippen LogP contribution in [0.15, 0.2) is 24.3 Å². The van der Waals surface area contributed by atoms with Gasteiger partial charge in [0.2, 0.25) is 0 Å². The maximum Gasteiger partial charge on any atom is 0.303 e. The third-order valence-corrected chi connectivity index (χ3v) is 4.65. The number of benzene rings is 1. The lowest BCUT2D eigenvalue weighted by Gasteiger charge is -2.40. The minimum Gasteiger partial charge on any atom is -0.481 e. The zero-order chi connectivity index (χ0) is 15.0. The van der Waals surface area contributed by atoms with Gasteiger partial charge < -0.3 is 10.0 Å². The van der Waals surface area contributed by atoms with E-state index in [9.17, 15) is 14.9 Å². The molecule has 2 saturated heterocycles. The van der Waals surface area contributed by atoms with Crippen LogP contribution in [0.4, 0.5) is 11.4 Å². The maximum atomic E-state index is 10.9. The van der Waals surface area contributed by atoms with Gasteiger partial charge in [-0.25, -0.2) is 0 Å². The van der Waals surface area contributed by atoms with Gasteiger partial charge in [0, 0.05) is 36.3 Å². The molecule has 2 unspecified atom stereocenters. The van der Waals surface area contributed by atoms with E-state index in [1.165, 1.54) is 12.1 Å². The Kier molecular flexibility index (Phi) is 3.53. The van der Waals surface area contributed by atoms with Crippen molar-refractivity contribution in [2.75, 3.05) is 4.90 Å². The molecule has 0 saturated carbocycles. The van der Waals surface area contributed by atoms with Gasteiger partial charge in [0.1, 0.15) is 0 Å². The Morgan fingerprint density at radius 3 is 2.29 bits per heavy atom. The monoisotopic (exact) mass is 290 g/mol. The molecule has 2 aliphatic heterocycles. The van der Waals surface area contributed by atoms with Crippen molar-refractivity contribution in [3.05, 3.63) is 34.4 Å². The fourth-order valence-electron chi connectivity index (χ4n) is 3.87. The molecule has 0 amide bonds. The molecule has 112 valence electrons. The molecular weight excluding hydrogens is 272 g/mol. The number of carboxylic acid groups (broad SMARTS) is 1. The number of anilines is 1. The molecule has 0 aliphatic carbocycles. The van der Waals surface area contributed by atoms with Gasteiger partial charge in [-0.15, -0.1) is 0 Å². The first-order chi connectivity index (χ1) is 10.0. The molecule has 6 nitrogen and oxygen atoms in total. The summed E-state index contributed by atoms with van der Waals surface area (Å²) in [5, 5.41) is 19.7. The molecule has 6 heteroatoms. The Morgan fingerprint density at radius 1 is 1.24 bits per heavy atom. The molecule has 0 spiro atoms. The molecule has 2 fully saturated rings. The summed E-state index contributed by atoms with van der Waals surface area (Å²) in [6.45, 7) is 0. The van der Waals surface area contributed by atoms with Crippen molar-refractivity contribution in [2.45, 2.75) is 44.2 Å². The van der Waals surface area contributed by atoms with Gasteiger partial charge in [-0.2, -0.15) is 0 Å². The van der Waals surface area contributed by atoms with Crippen molar-refractivity contribution < 1.29 is 14.8 Å². The van der Waals surface area contributed by atoms with Crippen LogP contribution in [0.5, 0.6) is 0 Å². The van der Waals surface area contributed by atoms with Crippen molar-refractivity contribution in [1.82, 2.24) is 0 Å². The zero-order valence-corrected chi connectivity index (χ0v) is 11.6. The minimum atomic E-state index is -0.719. The van der Waals surface area contributed by atoms with Gasteiger partial charge >= 0.3 is 5.97 Å². The third-order valence-electron chi connectivity index (χ3n) is 4.65. The Morgan fingerprint density at radius 2 is 1.81 bits per heavy atom. The number of fused-ring (bicyclic) bond motifs is 2. The number of hydrogen-bond acceptors (Lipinski definition) is 4. The summed E-state index contributed by atoms with van der Waals surface area (Å²) in [4.78, 5) is 23.5. The van der Waals surface area contributed by atoms with Crippen LogP contribution in [0, 0.1) is 16.0 Å². The lowest BCUT2D eigenvalue weighted by molar-refractivity contribution is -0.384. The van der Waals surface area contributed by atoms with Crippen LogP contribution in [0.2, 0.25) is 0 Å². The van der Waals surface area contributed by atoms with Crippen molar-refractivity contribution in [1.29, 1.82) is 0 Å². The van der Waals surface area contributed by atoms with Gasteiger partial charge in [0.05, 0.1) is 4.92 Å². The highest BCUT2D eigenvalue weighted by atomic mass is 16.6. The second-order valence-electron chi connectivity index (χ2n) is 6.00. The number of non-ortho nitro benzene ring substituents is 1. The third kappa shape index (κ3) is 2.70. The van der Waals surface area contributed by atoms with Crippen LogP contribution < -0.4 is 4.90 Å². The Bertz CT molecular complexity index is 543. The van der Waals surface area contributed by atoms with E-state index < -0.39 is 10.9 Å². The smallest absolute Gasteiger partial charge is 0.303 e. The molecule has 2 atom stereocenters. The standard InChI is InChI=1S/C15H18N2O4/c18-15(19)9-10-7-13-5-6-14(8-10)16(13)11-1-3-12(4-2-11)17(20)21/h1-4,10,13-14H,5-9H2,(H,18,19). The number of piperidine rings is 1. The largest absolute Gasteiger partial charge is 0.481 e. The van der Waals surface area contributed by atoms with Crippen molar-refractivity contribution in [3.8, 4) is 0 Å². The predicted octanol–water partition coefficient (Wildman–Crippen LogP) is 2.82. The van der Waals surface area contributed by atoms with Crippen LogP contribution in [0.1, 0.15) is 32.1 Å². The highest BCUT2D eigenvalue weighted by molar-refractivity contribution is 5.67. The highest BCUT2D eigenvalue weighted by Crippen LogP contribution is 2.42. The van der Waals surface area contributed by atoms with E-state index in [0.29, 0.717) is 12.1 Å². The molecule has 21 heavy (non-hydrogen) atoms. The normalized spacial score (nSPS) is 27.6. The van der Waals surface area contributed by atoms with Gasteiger partial charge in [-0.1, -0.05) is 0 Å². The SMILES string of the molecule is O=C(O)CC1CC2CCC(C1)N2c1ccc([N+](=O)[O-])cc1. The maximum absolute atomic E-state index is 10.9. The van der Waals surface area contributed by atoms with Crippen LogP contribution >= 0.6 is 0 Å². The number of rotatable bonds is 4. The summed E-state index contributed by atoms with van der Waals surface area (Å²) in [7, 11) is 0. The number of nitro groups is 1. The second-order valence-corrected chi connectivity index (χ2v) is 6.00. The molecule has 3 rings (SSSR count). The highest BCUT2D eigenvalue weighted by Gasteiger charge is 2.41. The lowest BCUT2D eigenvalue weighted by atomic mass is 9.88. The second kappa shape index (κ2) is 5.35. The van der Waals surface area contributed by atoms with E-state index >= 15 is 0 Å². The predicted molar refractivity (Wildman–Crippen MR) is 77.4 cm³/mol. The number of carbonyl (C=O) groups is 1. The molecule has 1 N–H and O–H groups in total. The average molecular weight is 290 g/mol. The molecule has 2 aliphatic rings. The van der Waals surface area contributed by atoms with E-state index in [1.54, 1.807) is 12.1 Å². The topological polar surface area (TPSA) is 83.7 Å². The van der Waals surface area contributed by atoms with E-state index in [0.717, 1.165) is 31.4 Å². The number of carboxylic acids is 1. The van der Waals surface area contributed by atoms with E-state index in [-0.39, 0.29) is 18.0 Å². The van der Waals surface area contributed by atoms with Gasteiger partial charge in [0.25, 0.3) is 5.69 Å². The summed E-state index contributed by atoms with van der Waals surface area (Å²) >= 11 is 0. The first-order valence-corrected chi connectivity index (χ1v) is 7.29. The summed E-state index contributed by atoms with van der Waals surface area (Å²) in [5.74, 6) is -0.461. The van der Waals surface area contributed by atoms with E-state index in [2.05, 4.69) is 4.90 Å². The Balaban J connectivity index is 1.75. The Labute approximate surface area is 122 Å². The summed E-state index contributed by atoms with van der Waals surface area (Å²) in [6, 6.07) is 7.43. The first kappa shape index (κ1) is 13.9. The molecule has 0 radical (unpaired) electrons. The van der Waals surface area contributed by atoms with Crippen LogP contribution in [-0.4, -0.2) is 28.1 Å². The van der Waals surface area contributed by atoms with Crippen molar-refractivity contribution >= 4 is 17.3 Å². The molecule has 1 aromatic carbocycles. The number of aliphatic carboxylic acids is 1. The first-order valence-electron chi connectivity index (χ1n) is 7.29. The van der Waals surface area contributed by atoms with Gasteiger partial charge in [-0.05, 0) is 43.7 Å². The quantitative estimate of drug-likeness (QED) is 0.681. The van der Waals surface area contributed by atoms with Gasteiger partial charge in [0.15, 0.2) is 0 Å². The Hall–Kier alpha value is -2.11. The fourth-order valence-corrected chi connectivity index (χ4v) is 3.87. The molecule has 2 bridgehead atoms.